The summed E-state index contributed by atoms with van der Waals surface area (Å²) in [6.07, 6.45) is 0. The summed E-state index contributed by atoms with van der Waals surface area (Å²) in [7, 11) is 0. The van der Waals surface area contributed by atoms with E-state index in [0.29, 0.717) is 18.7 Å². The number of nitrogens with zero attached hydrogens (tertiary/aromatic N) is 2. The molecule has 2 aromatic rings. The van der Waals surface area contributed by atoms with Gasteiger partial charge in [0.05, 0.1) is 5.92 Å². The quantitative estimate of drug-likeness (QED) is 0.821. The second kappa shape index (κ2) is 6.93. The molecule has 0 saturated carbocycles. The minimum Gasteiger partial charge on any atom is -0.435 e. The molecule has 2 heterocycles. The van der Waals surface area contributed by atoms with E-state index in [4.69, 9.17) is 10.5 Å². The molecule has 0 aromatic heterocycles. The molecule has 0 radical (unpaired) electrons. The van der Waals surface area contributed by atoms with Crippen molar-refractivity contribution in [3.8, 4) is 6.07 Å². The van der Waals surface area contributed by atoms with Crippen molar-refractivity contribution in [3.63, 3.8) is 0 Å². The second-order valence-electron chi connectivity index (χ2n) is 6.48. The number of allylic oxidation sites excluding steroid dienone is 1. The fraction of sp³-hybridized carbons (Fsp3) is 0.143. The maximum atomic E-state index is 12.9. The zero-order chi connectivity index (χ0) is 19.0. The fourth-order valence-electron chi connectivity index (χ4n) is 3.52. The Bertz CT molecular complexity index is 1000. The highest BCUT2D eigenvalue weighted by Crippen LogP contribution is 2.43. The molecule has 0 fully saturated rings. The first kappa shape index (κ1) is 17.4. The van der Waals surface area contributed by atoms with E-state index in [1.54, 1.807) is 4.90 Å². The first-order valence-corrected chi connectivity index (χ1v) is 9.27. The molecule has 5 nitrogen and oxygen atoms in total. The zero-order valence-electron chi connectivity index (χ0n) is 14.4. The molecule has 1 amide bonds. The minimum absolute atomic E-state index is 0.000852. The Morgan fingerprint density at radius 1 is 1.19 bits per heavy atom. The van der Waals surface area contributed by atoms with Crippen LogP contribution < -0.4 is 5.73 Å². The number of ether oxygens (including phenoxy) is 1. The average Bonchev–Trinajstić information content (AvgIpc) is 2.98. The third-order valence-electron chi connectivity index (χ3n) is 4.79. The molecule has 134 valence electrons. The van der Waals surface area contributed by atoms with Crippen molar-refractivity contribution in [2.75, 3.05) is 6.54 Å². The second-order valence-corrected chi connectivity index (χ2v) is 7.39. The third-order valence-corrected chi connectivity index (χ3v) is 5.32. The van der Waals surface area contributed by atoms with Crippen LogP contribution in [0.3, 0.4) is 0 Å². The molecular formula is C21H16BrN3O2. The first-order valence-electron chi connectivity index (χ1n) is 8.47. The number of hydrogen-bond donors (Lipinski definition) is 1. The van der Waals surface area contributed by atoms with Crippen LogP contribution >= 0.6 is 15.9 Å². The molecule has 0 saturated heterocycles. The summed E-state index contributed by atoms with van der Waals surface area (Å²) in [5.74, 6) is -0.332. The smallest absolute Gasteiger partial charge is 0.290 e. The highest BCUT2D eigenvalue weighted by molar-refractivity contribution is 9.10. The van der Waals surface area contributed by atoms with E-state index < -0.39 is 0 Å². The number of benzene rings is 2. The highest BCUT2D eigenvalue weighted by atomic mass is 79.9. The maximum Gasteiger partial charge on any atom is 0.290 e. The van der Waals surface area contributed by atoms with E-state index in [1.165, 1.54) is 0 Å². The Balaban J connectivity index is 1.70. The lowest BCUT2D eigenvalue weighted by Gasteiger charge is -2.24. The summed E-state index contributed by atoms with van der Waals surface area (Å²) in [4.78, 5) is 14.6. The molecule has 1 unspecified atom stereocenters. The Morgan fingerprint density at radius 2 is 1.89 bits per heavy atom. The van der Waals surface area contributed by atoms with Gasteiger partial charge in [0.2, 0.25) is 5.88 Å². The van der Waals surface area contributed by atoms with Gasteiger partial charge in [0.15, 0.2) is 5.76 Å². The lowest BCUT2D eigenvalue weighted by atomic mass is 9.84. The number of halogens is 1. The van der Waals surface area contributed by atoms with Crippen LogP contribution in [0.1, 0.15) is 17.0 Å². The van der Waals surface area contributed by atoms with Gasteiger partial charge < -0.3 is 15.4 Å². The molecule has 1 atom stereocenters. The van der Waals surface area contributed by atoms with Crippen LogP contribution in [0.2, 0.25) is 0 Å². The lowest BCUT2D eigenvalue weighted by Crippen LogP contribution is -2.27. The van der Waals surface area contributed by atoms with E-state index in [-0.39, 0.29) is 23.5 Å². The molecule has 0 aliphatic carbocycles. The summed E-state index contributed by atoms with van der Waals surface area (Å²) in [6, 6.07) is 19.6. The van der Waals surface area contributed by atoms with Crippen molar-refractivity contribution in [1.82, 2.24) is 4.90 Å². The van der Waals surface area contributed by atoms with E-state index in [2.05, 4.69) is 22.0 Å². The third kappa shape index (κ3) is 3.11. The van der Waals surface area contributed by atoms with Gasteiger partial charge in [0.25, 0.3) is 5.91 Å². The van der Waals surface area contributed by atoms with Gasteiger partial charge in [0, 0.05) is 23.1 Å². The van der Waals surface area contributed by atoms with Gasteiger partial charge in [-0.2, -0.15) is 5.26 Å². The molecule has 6 heteroatoms. The molecule has 27 heavy (non-hydrogen) atoms. The van der Waals surface area contributed by atoms with Gasteiger partial charge in [-0.3, -0.25) is 4.79 Å². The van der Waals surface area contributed by atoms with Gasteiger partial charge in [-0.1, -0.05) is 58.4 Å². The van der Waals surface area contributed by atoms with Crippen molar-refractivity contribution in [1.29, 1.82) is 5.26 Å². The number of nitriles is 1. The molecule has 2 aliphatic rings. The molecule has 4 rings (SSSR count). The number of hydrogen-bond acceptors (Lipinski definition) is 4. The Morgan fingerprint density at radius 3 is 2.56 bits per heavy atom. The fourth-order valence-corrected chi connectivity index (χ4v) is 3.78. The zero-order valence-corrected chi connectivity index (χ0v) is 15.9. The van der Waals surface area contributed by atoms with E-state index in [1.807, 2.05) is 54.6 Å². The van der Waals surface area contributed by atoms with Crippen molar-refractivity contribution in [2.45, 2.75) is 12.5 Å². The van der Waals surface area contributed by atoms with Gasteiger partial charge in [-0.05, 0) is 23.3 Å². The van der Waals surface area contributed by atoms with Crippen LogP contribution in [0.5, 0.6) is 0 Å². The topological polar surface area (TPSA) is 79.4 Å². The number of carbonyl (C=O) groups excluding carboxylic acids is 1. The minimum atomic E-state index is -0.378. The van der Waals surface area contributed by atoms with Crippen molar-refractivity contribution in [2.24, 2.45) is 5.73 Å². The van der Waals surface area contributed by atoms with Gasteiger partial charge >= 0.3 is 0 Å². The molecular weight excluding hydrogens is 406 g/mol. The summed E-state index contributed by atoms with van der Waals surface area (Å²) in [5, 5.41) is 9.64. The van der Waals surface area contributed by atoms with Gasteiger partial charge in [-0.15, -0.1) is 0 Å². The van der Waals surface area contributed by atoms with E-state index in [0.717, 1.165) is 21.2 Å². The van der Waals surface area contributed by atoms with Crippen LogP contribution in [-0.4, -0.2) is 17.4 Å². The lowest BCUT2D eigenvalue weighted by molar-refractivity contribution is -0.128. The number of rotatable bonds is 3. The number of nitrogens with two attached hydrogens (primary N) is 1. The maximum absolute atomic E-state index is 12.9. The van der Waals surface area contributed by atoms with E-state index >= 15 is 0 Å². The van der Waals surface area contributed by atoms with Crippen LogP contribution in [0.15, 0.2) is 81.9 Å². The van der Waals surface area contributed by atoms with Crippen molar-refractivity contribution >= 4 is 21.8 Å². The first-order chi connectivity index (χ1) is 13.1. The van der Waals surface area contributed by atoms with E-state index in [9.17, 15) is 10.1 Å². The van der Waals surface area contributed by atoms with Gasteiger partial charge in [0.1, 0.15) is 11.6 Å². The summed E-state index contributed by atoms with van der Waals surface area (Å²) < 4.78 is 6.52. The molecule has 2 aromatic carbocycles. The van der Waals surface area contributed by atoms with Gasteiger partial charge in [-0.25, -0.2) is 0 Å². The van der Waals surface area contributed by atoms with Crippen LogP contribution in [-0.2, 0) is 16.1 Å². The normalized spacial score (nSPS) is 19.0. The van der Waals surface area contributed by atoms with Crippen LogP contribution in [0.4, 0.5) is 0 Å². The predicted octanol–water partition coefficient (Wildman–Crippen LogP) is 3.55. The molecule has 2 N–H and O–H groups in total. The Kier molecular flexibility index (Phi) is 4.46. The Labute approximate surface area is 165 Å². The molecule has 0 bridgehead atoms. The largest absolute Gasteiger partial charge is 0.435 e. The highest BCUT2D eigenvalue weighted by Gasteiger charge is 2.42. The molecule has 0 spiro atoms. The van der Waals surface area contributed by atoms with Crippen molar-refractivity contribution in [3.05, 3.63) is 93.0 Å². The predicted molar refractivity (Wildman–Crippen MR) is 104 cm³/mol. The summed E-state index contributed by atoms with van der Waals surface area (Å²) >= 11 is 3.43. The van der Waals surface area contributed by atoms with Crippen LogP contribution in [0, 0.1) is 11.3 Å². The number of carbonyl (C=O) groups is 1. The average molecular weight is 422 g/mol. The Hall–Kier alpha value is -3.04. The van der Waals surface area contributed by atoms with Crippen LogP contribution in [0.25, 0.3) is 0 Å². The summed E-state index contributed by atoms with van der Waals surface area (Å²) in [5.41, 5.74) is 9.04. The van der Waals surface area contributed by atoms with Crippen molar-refractivity contribution < 1.29 is 9.53 Å². The molecule has 2 aliphatic heterocycles. The standard InChI is InChI=1S/C21H16BrN3O2/c22-15-8-6-14(7-9-15)18-16(10-23)20(24)27-19-17(18)12-25(21(19)26)11-13-4-2-1-3-5-13/h1-9,18H,11-12,24H2. The number of amides is 1. The monoisotopic (exact) mass is 421 g/mol. The summed E-state index contributed by atoms with van der Waals surface area (Å²) in [6.45, 7) is 0.882. The SMILES string of the molecule is N#CC1=C(N)OC2=C(CN(Cc3ccccc3)C2=O)C1c1ccc(Br)cc1.